The van der Waals surface area contributed by atoms with E-state index >= 15 is 0 Å². The van der Waals surface area contributed by atoms with Crippen LogP contribution in [0.5, 0.6) is 0 Å². The minimum absolute atomic E-state index is 0.0135. The van der Waals surface area contributed by atoms with E-state index in [0.717, 1.165) is 4.31 Å². The fourth-order valence-electron chi connectivity index (χ4n) is 1.32. The second kappa shape index (κ2) is 5.49. The van der Waals surface area contributed by atoms with E-state index in [1.807, 2.05) is 0 Å². The van der Waals surface area contributed by atoms with Gasteiger partial charge in [0.2, 0.25) is 10.0 Å². The number of sulfonamides is 1. The van der Waals surface area contributed by atoms with Crippen molar-refractivity contribution in [3.63, 3.8) is 0 Å². The molecule has 0 aromatic heterocycles. The van der Waals surface area contributed by atoms with E-state index in [4.69, 9.17) is 0 Å². The zero-order valence-corrected chi connectivity index (χ0v) is 9.89. The molecule has 0 fully saturated rings. The summed E-state index contributed by atoms with van der Waals surface area (Å²) in [7, 11) is -3.94. The number of carboxylic acids is 1. The van der Waals surface area contributed by atoms with E-state index in [9.17, 15) is 18.3 Å². The molecule has 92 valence electrons. The van der Waals surface area contributed by atoms with Gasteiger partial charge in [-0.1, -0.05) is 24.3 Å². The van der Waals surface area contributed by atoms with E-state index < -0.39 is 21.7 Å². The summed E-state index contributed by atoms with van der Waals surface area (Å²) in [4.78, 5) is 10.4. The quantitative estimate of drug-likeness (QED) is 0.656. The second-order valence-corrected chi connectivity index (χ2v) is 5.18. The molecule has 17 heavy (non-hydrogen) atoms. The van der Waals surface area contributed by atoms with E-state index in [1.54, 1.807) is 30.3 Å². The Kier molecular flexibility index (Phi) is 4.28. The predicted octanol–water partition coefficient (Wildman–Crippen LogP) is -0.241. The number of hydrogen-bond donors (Lipinski definition) is 0. The van der Waals surface area contributed by atoms with Crippen LogP contribution in [-0.2, 0) is 14.8 Å². The minimum atomic E-state index is -3.94. The molecule has 0 amide bonds. The molecule has 0 heterocycles. The largest absolute Gasteiger partial charge is 0.549 e. The topological polar surface area (TPSA) is 77.5 Å². The van der Waals surface area contributed by atoms with Crippen molar-refractivity contribution >= 4 is 21.7 Å². The Bertz CT molecular complexity index is 495. The van der Waals surface area contributed by atoms with Crippen LogP contribution in [0.2, 0.25) is 0 Å². The lowest BCUT2D eigenvalue weighted by molar-refractivity contribution is -0.301. The maximum atomic E-state index is 11.8. The van der Waals surface area contributed by atoms with Crippen molar-refractivity contribution in [2.24, 2.45) is 0 Å². The average molecular weight is 254 g/mol. The lowest BCUT2D eigenvalue weighted by atomic mass is 10.3. The van der Waals surface area contributed by atoms with Gasteiger partial charge < -0.3 is 9.90 Å². The summed E-state index contributed by atoms with van der Waals surface area (Å²) in [6, 6.07) is 8.23. The van der Waals surface area contributed by atoms with Gasteiger partial charge in [0.1, 0.15) is 5.75 Å². The van der Waals surface area contributed by atoms with Crippen LogP contribution in [0.4, 0.5) is 5.69 Å². The van der Waals surface area contributed by atoms with Crippen LogP contribution in [0.25, 0.3) is 0 Å². The summed E-state index contributed by atoms with van der Waals surface area (Å²) in [5.41, 5.74) is 0.397. The van der Waals surface area contributed by atoms with E-state index in [1.165, 1.54) is 6.08 Å². The fraction of sp³-hybridized carbons (Fsp3) is 0.182. The third-order valence-electron chi connectivity index (χ3n) is 1.98. The van der Waals surface area contributed by atoms with Crippen molar-refractivity contribution in [1.82, 2.24) is 0 Å². The molecule has 0 N–H and O–H groups in total. The van der Waals surface area contributed by atoms with Crippen LogP contribution in [0.3, 0.4) is 0 Å². The van der Waals surface area contributed by atoms with Crippen LogP contribution in [0, 0.1) is 0 Å². The molecule has 0 bridgehead atoms. The van der Waals surface area contributed by atoms with Crippen LogP contribution in [0.15, 0.2) is 43.0 Å². The number of para-hydroxylation sites is 1. The van der Waals surface area contributed by atoms with Crippen molar-refractivity contribution < 1.29 is 18.3 Å². The summed E-state index contributed by atoms with van der Waals surface area (Å²) >= 11 is 0. The molecule has 0 radical (unpaired) electrons. The summed E-state index contributed by atoms with van der Waals surface area (Å²) in [6.45, 7) is 3.46. The Balaban J connectivity index is 3.10. The summed E-state index contributed by atoms with van der Waals surface area (Å²) in [5.74, 6) is -2.68. The van der Waals surface area contributed by atoms with Gasteiger partial charge in [0.05, 0.1) is 18.2 Å². The number of rotatable bonds is 6. The standard InChI is InChI=1S/C11H13NO4S/c1-2-8-12(10-6-4-3-5-7-10)17(15,16)9-11(13)14/h2-7H,1,8-9H2,(H,13,14)/p-1. The first kappa shape index (κ1) is 13.2. The first-order valence-corrected chi connectivity index (χ1v) is 6.44. The molecule has 0 unspecified atom stereocenters. The molecular weight excluding hydrogens is 242 g/mol. The molecule has 0 aliphatic heterocycles. The zero-order valence-electron chi connectivity index (χ0n) is 9.07. The van der Waals surface area contributed by atoms with Gasteiger partial charge in [-0.05, 0) is 12.1 Å². The van der Waals surface area contributed by atoms with Crippen molar-refractivity contribution in [1.29, 1.82) is 0 Å². The number of aliphatic carboxylic acids is 1. The number of benzene rings is 1. The molecular formula is C11H12NO4S-. The van der Waals surface area contributed by atoms with Crippen LogP contribution in [0.1, 0.15) is 0 Å². The van der Waals surface area contributed by atoms with Crippen molar-refractivity contribution in [3.8, 4) is 0 Å². The smallest absolute Gasteiger partial charge is 0.240 e. The Morgan fingerprint density at radius 2 is 1.94 bits per heavy atom. The van der Waals surface area contributed by atoms with E-state index in [-0.39, 0.29) is 6.54 Å². The lowest BCUT2D eigenvalue weighted by Crippen LogP contribution is -2.40. The Hall–Kier alpha value is -1.82. The van der Waals surface area contributed by atoms with Crippen LogP contribution in [-0.4, -0.2) is 26.7 Å². The van der Waals surface area contributed by atoms with Crippen LogP contribution >= 0.6 is 0 Å². The van der Waals surface area contributed by atoms with Gasteiger partial charge in [0.25, 0.3) is 0 Å². The molecule has 5 nitrogen and oxygen atoms in total. The first-order valence-electron chi connectivity index (χ1n) is 4.83. The Morgan fingerprint density at radius 1 is 1.35 bits per heavy atom. The van der Waals surface area contributed by atoms with Gasteiger partial charge in [-0.2, -0.15) is 0 Å². The normalized spacial score (nSPS) is 10.8. The first-order chi connectivity index (χ1) is 7.97. The predicted molar refractivity (Wildman–Crippen MR) is 62.8 cm³/mol. The molecule has 1 aromatic carbocycles. The third kappa shape index (κ3) is 3.60. The lowest BCUT2D eigenvalue weighted by Gasteiger charge is -2.23. The van der Waals surface area contributed by atoms with Gasteiger partial charge in [0, 0.05) is 0 Å². The molecule has 0 atom stereocenters. The van der Waals surface area contributed by atoms with Crippen LogP contribution < -0.4 is 9.41 Å². The fourth-order valence-corrected chi connectivity index (χ4v) is 2.55. The molecule has 0 aliphatic carbocycles. The summed E-state index contributed by atoms with van der Waals surface area (Å²) in [6.07, 6.45) is 1.39. The number of anilines is 1. The van der Waals surface area contributed by atoms with Gasteiger partial charge in [-0.25, -0.2) is 8.42 Å². The molecule has 1 aromatic rings. The second-order valence-electron chi connectivity index (χ2n) is 3.28. The van der Waals surface area contributed by atoms with Crippen molar-refractivity contribution in [2.75, 3.05) is 16.6 Å². The van der Waals surface area contributed by atoms with Gasteiger partial charge in [-0.15, -0.1) is 6.58 Å². The summed E-state index contributed by atoms with van der Waals surface area (Å²) < 4.78 is 24.6. The van der Waals surface area contributed by atoms with E-state index in [2.05, 4.69) is 6.58 Å². The SMILES string of the molecule is C=CCN(c1ccccc1)S(=O)(=O)CC(=O)[O-]. The number of carbonyl (C=O) groups excluding carboxylic acids is 1. The van der Waals surface area contributed by atoms with Gasteiger partial charge >= 0.3 is 0 Å². The number of hydrogen-bond acceptors (Lipinski definition) is 4. The molecule has 0 saturated heterocycles. The number of nitrogens with zero attached hydrogens (tertiary/aromatic N) is 1. The van der Waals surface area contributed by atoms with E-state index in [0.29, 0.717) is 5.69 Å². The minimum Gasteiger partial charge on any atom is -0.549 e. The van der Waals surface area contributed by atoms with Gasteiger partial charge in [-0.3, -0.25) is 4.31 Å². The highest BCUT2D eigenvalue weighted by Crippen LogP contribution is 2.17. The molecule has 6 heteroatoms. The maximum absolute atomic E-state index is 11.8. The Morgan fingerprint density at radius 3 is 2.41 bits per heavy atom. The third-order valence-corrected chi connectivity index (χ3v) is 3.61. The number of carboxylic acid groups (broad SMARTS) is 1. The monoisotopic (exact) mass is 254 g/mol. The van der Waals surface area contributed by atoms with Gasteiger partial charge in [0.15, 0.2) is 0 Å². The highest BCUT2D eigenvalue weighted by molar-refractivity contribution is 7.93. The highest BCUT2D eigenvalue weighted by atomic mass is 32.2. The maximum Gasteiger partial charge on any atom is 0.240 e. The highest BCUT2D eigenvalue weighted by Gasteiger charge is 2.21. The van der Waals surface area contributed by atoms with Crippen molar-refractivity contribution in [3.05, 3.63) is 43.0 Å². The Labute approximate surface area is 100 Å². The van der Waals surface area contributed by atoms with Crippen molar-refractivity contribution in [2.45, 2.75) is 0 Å². The number of carbonyl (C=O) groups is 1. The molecule has 0 spiro atoms. The summed E-state index contributed by atoms with van der Waals surface area (Å²) in [5, 5.41) is 10.4. The zero-order chi connectivity index (χ0) is 12.9. The average Bonchev–Trinajstić information content (AvgIpc) is 2.25. The molecule has 0 aliphatic rings. The molecule has 1 rings (SSSR count). The molecule has 0 saturated carbocycles.